The third kappa shape index (κ3) is 4.64. The van der Waals surface area contributed by atoms with Gasteiger partial charge in [-0.05, 0) is 35.2 Å². The number of aromatic nitrogens is 2. The van der Waals surface area contributed by atoms with Crippen molar-refractivity contribution in [3.8, 4) is 0 Å². The number of rotatable bonds is 4. The lowest BCUT2D eigenvalue weighted by atomic mass is 9.86. The van der Waals surface area contributed by atoms with Crippen molar-refractivity contribution in [2.24, 2.45) is 0 Å². The van der Waals surface area contributed by atoms with E-state index in [9.17, 15) is 9.18 Å². The Morgan fingerprint density at radius 3 is 2.39 bits per heavy atom. The van der Waals surface area contributed by atoms with Crippen LogP contribution >= 0.6 is 11.6 Å². The lowest BCUT2D eigenvalue weighted by Crippen LogP contribution is -2.15. The molecule has 0 saturated carbocycles. The molecule has 0 spiro atoms. The summed E-state index contributed by atoms with van der Waals surface area (Å²) < 4.78 is 13.2. The van der Waals surface area contributed by atoms with Crippen molar-refractivity contribution in [2.75, 3.05) is 10.6 Å². The van der Waals surface area contributed by atoms with Crippen LogP contribution < -0.4 is 10.6 Å². The Balaban J connectivity index is 1.73. The van der Waals surface area contributed by atoms with Gasteiger partial charge in [0, 0.05) is 23.8 Å². The highest BCUT2D eigenvalue weighted by Crippen LogP contribution is 2.30. The normalized spacial score (nSPS) is 11.2. The van der Waals surface area contributed by atoms with Crippen molar-refractivity contribution in [3.63, 3.8) is 0 Å². The maximum absolute atomic E-state index is 13.2. The van der Waals surface area contributed by atoms with Crippen LogP contribution in [0.5, 0.6) is 0 Å². The number of anilines is 3. The molecule has 0 unspecified atom stereocenters. The van der Waals surface area contributed by atoms with Crippen LogP contribution in [0.15, 0.2) is 54.9 Å². The third-order valence-corrected chi connectivity index (χ3v) is 4.36. The van der Waals surface area contributed by atoms with Crippen molar-refractivity contribution in [1.29, 1.82) is 0 Å². The molecule has 1 aromatic heterocycles. The van der Waals surface area contributed by atoms with Gasteiger partial charge in [0.25, 0.3) is 5.91 Å². The second-order valence-corrected chi connectivity index (χ2v) is 7.71. The smallest absolute Gasteiger partial charge is 0.258 e. The van der Waals surface area contributed by atoms with Crippen LogP contribution in [-0.4, -0.2) is 15.9 Å². The van der Waals surface area contributed by atoms with E-state index >= 15 is 0 Å². The fourth-order valence-electron chi connectivity index (χ4n) is 2.65. The largest absolute Gasteiger partial charge is 0.324 e. The number of hydrogen-bond acceptors (Lipinski definition) is 4. The molecule has 0 fully saturated rings. The number of para-hydroxylation sites is 1. The molecule has 144 valence electrons. The molecule has 0 radical (unpaired) electrons. The van der Waals surface area contributed by atoms with Gasteiger partial charge in [0.1, 0.15) is 5.82 Å². The number of nitrogens with one attached hydrogen (secondary N) is 2. The van der Waals surface area contributed by atoms with E-state index in [1.54, 1.807) is 0 Å². The summed E-state index contributed by atoms with van der Waals surface area (Å²) >= 11 is 5.73. The predicted molar refractivity (Wildman–Crippen MR) is 110 cm³/mol. The fourth-order valence-corrected chi connectivity index (χ4v) is 2.83. The lowest BCUT2D eigenvalue weighted by Gasteiger charge is -2.22. The van der Waals surface area contributed by atoms with Crippen molar-refractivity contribution in [1.82, 2.24) is 9.97 Å². The molecule has 3 rings (SSSR count). The number of nitrogens with zero attached hydrogens (tertiary/aromatic N) is 2. The van der Waals surface area contributed by atoms with Crippen LogP contribution in [0.3, 0.4) is 0 Å². The van der Waals surface area contributed by atoms with Crippen LogP contribution in [0.2, 0.25) is 5.02 Å². The molecule has 28 heavy (non-hydrogen) atoms. The van der Waals surface area contributed by atoms with E-state index in [0.29, 0.717) is 11.6 Å². The van der Waals surface area contributed by atoms with E-state index in [0.717, 1.165) is 11.3 Å². The first-order valence-electron chi connectivity index (χ1n) is 8.69. The second kappa shape index (κ2) is 7.94. The molecule has 0 aliphatic heterocycles. The number of carbonyl (C=O) groups is 1. The van der Waals surface area contributed by atoms with Crippen LogP contribution in [0.4, 0.5) is 21.7 Å². The van der Waals surface area contributed by atoms with Crippen molar-refractivity contribution < 1.29 is 9.18 Å². The molecular formula is C21H20ClFN4O. The first-order valence-corrected chi connectivity index (χ1v) is 9.07. The average Bonchev–Trinajstić information content (AvgIpc) is 2.65. The number of halogens is 2. The van der Waals surface area contributed by atoms with Crippen molar-refractivity contribution in [3.05, 3.63) is 76.8 Å². The fraction of sp³-hybridized carbons (Fsp3) is 0.190. The summed E-state index contributed by atoms with van der Waals surface area (Å²) in [7, 11) is 0. The van der Waals surface area contributed by atoms with Crippen molar-refractivity contribution >= 4 is 34.8 Å². The van der Waals surface area contributed by atoms with E-state index in [1.165, 1.54) is 30.6 Å². The molecule has 0 bridgehead atoms. The van der Waals surface area contributed by atoms with Crippen LogP contribution in [0, 0.1) is 5.82 Å². The van der Waals surface area contributed by atoms with E-state index in [1.807, 2.05) is 18.2 Å². The Kier molecular flexibility index (Phi) is 5.61. The van der Waals surface area contributed by atoms with E-state index in [-0.39, 0.29) is 16.0 Å². The molecule has 0 aliphatic rings. The molecule has 0 saturated heterocycles. The minimum atomic E-state index is -0.547. The molecule has 0 aliphatic carbocycles. The van der Waals surface area contributed by atoms with Crippen LogP contribution in [0.1, 0.15) is 36.7 Å². The summed E-state index contributed by atoms with van der Waals surface area (Å²) in [5.74, 6) is -0.573. The van der Waals surface area contributed by atoms with E-state index in [4.69, 9.17) is 11.6 Å². The topological polar surface area (TPSA) is 66.9 Å². The number of benzene rings is 2. The Morgan fingerprint density at radius 2 is 1.75 bits per heavy atom. The molecule has 0 atom stereocenters. The number of hydrogen-bond donors (Lipinski definition) is 2. The SMILES string of the molecule is CC(C)(C)c1ccccc1Nc1ncc(C(=O)Nc2ccc(F)c(Cl)c2)cn1. The third-order valence-electron chi connectivity index (χ3n) is 4.07. The second-order valence-electron chi connectivity index (χ2n) is 7.30. The van der Waals surface area contributed by atoms with Gasteiger partial charge in [0.15, 0.2) is 0 Å². The number of amides is 1. The maximum atomic E-state index is 13.2. The Bertz CT molecular complexity index is 1000. The van der Waals surface area contributed by atoms with Gasteiger partial charge in [-0.3, -0.25) is 4.79 Å². The van der Waals surface area contributed by atoms with Gasteiger partial charge in [-0.25, -0.2) is 14.4 Å². The van der Waals surface area contributed by atoms with Gasteiger partial charge in [0.05, 0.1) is 10.6 Å². The molecule has 3 aromatic rings. The van der Waals surface area contributed by atoms with Gasteiger partial charge < -0.3 is 10.6 Å². The zero-order chi connectivity index (χ0) is 20.3. The first-order chi connectivity index (χ1) is 13.2. The Labute approximate surface area is 168 Å². The van der Waals surface area contributed by atoms with Gasteiger partial charge in [-0.1, -0.05) is 50.6 Å². The summed E-state index contributed by atoms with van der Waals surface area (Å²) in [4.78, 5) is 20.8. The van der Waals surface area contributed by atoms with Crippen LogP contribution in [-0.2, 0) is 5.41 Å². The summed E-state index contributed by atoms with van der Waals surface area (Å²) in [6, 6.07) is 11.9. The van der Waals surface area contributed by atoms with Gasteiger partial charge in [0.2, 0.25) is 5.95 Å². The minimum absolute atomic E-state index is 0.0418. The Hall–Kier alpha value is -2.99. The molecule has 2 aromatic carbocycles. The molecule has 5 nitrogen and oxygen atoms in total. The summed E-state index contributed by atoms with van der Waals surface area (Å²) in [6.07, 6.45) is 2.85. The first kappa shape index (κ1) is 19.8. The lowest BCUT2D eigenvalue weighted by molar-refractivity contribution is 0.102. The highest BCUT2D eigenvalue weighted by atomic mass is 35.5. The van der Waals surface area contributed by atoms with Gasteiger partial charge >= 0.3 is 0 Å². The summed E-state index contributed by atoms with van der Waals surface area (Å²) in [6.45, 7) is 6.39. The number of carbonyl (C=O) groups excluding carboxylic acids is 1. The van der Waals surface area contributed by atoms with Gasteiger partial charge in [-0.2, -0.15) is 0 Å². The molecule has 2 N–H and O–H groups in total. The average molecular weight is 399 g/mol. The summed E-state index contributed by atoms with van der Waals surface area (Å²) in [5.41, 5.74) is 2.66. The standard InChI is InChI=1S/C21H20ClFN4O/c1-21(2,3)15-6-4-5-7-18(15)27-20-24-11-13(12-25-20)19(28)26-14-8-9-17(23)16(22)10-14/h4-12H,1-3H3,(H,26,28)(H,24,25,27). The zero-order valence-electron chi connectivity index (χ0n) is 15.8. The molecule has 7 heteroatoms. The van der Waals surface area contributed by atoms with E-state index in [2.05, 4.69) is 47.4 Å². The quantitative estimate of drug-likeness (QED) is 0.603. The zero-order valence-corrected chi connectivity index (χ0v) is 16.5. The highest BCUT2D eigenvalue weighted by Gasteiger charge is 2.18. The monoisotopic (exact) mass is 398 g/mol. The maximum Gasteiger partial charge on any atom is 0.258 e. The van der Waals surface area contributed by atoms with E-state index < -0.39 is 11.7 Å². The molecular weight excluding hydrogens is 379 g/mol. The molecule has 1 heterocycles. The highest BCUT2D eigenvalue weighted by molar-refractivity contribution is 6.31. The summed E-state index contributed by atoms with van der Waals surface area (Å²) in [5, 5.41) is 5.77. The minimum Gasteiger partial charge on any atom is -0.324 e. The predicted octanol–water partition coefficient (Wildman–Crippen LogP) is 5.56. The van der Waals surface area contributed by atoms with Crippen molar-refractivity contribution in [2.45, 2.75) is 26.2 Å². The van der Waals surface area contributed by atoms with Crippen LogP contribution in [0.25, 0.3) is 0 Å². The molecule has 1 amide bonds. The van der Waals surface area contributed by atoms with Gasteiger partial charge in [-0.15, -0.1) is 0 Å². The Morgan fingerprint density at radius 1 is 1.07 bits per heavy atom.